The first-order valence-corrected chi connectivity index (χ1v) is 12.4. The summed E-state index contributed by atoms with van der Waals surface area (Å²) >= 11 is 1.38. The van der Waals surface area contributed by atoms with Crippen molar-refractivity contribution in [3.63, 3.8) is 0 Å². The molecule has 6 rings (SSSR count). The Hall–Kier alpha value is -2.13. The van der Waals surface area contributed by atoms with Gasteiger partial charge in [-0.25, -0.2) is 0 Å². The third-order valence-electron chi connectivity index (χ3n) is 6.98. The van der Waals surface area contributed by atoms with Gasteiger partial charge in [0.25, 0.3) is 0 Å². The molecule has 0 amide bonds. The zero-order valence-corrected chi connectivity index (χ0v) is 20.1. The Labute approximate surface area is 203 Å². The normalized spacial score (nSPS) is 20.5. The van der Waals surface area contributed by atoms with Gasteiger partial charge in [-0.15, -0.1) is 12.4 Å². The van der Waals surface area contributed by atoms with Gasteiger partial charge in [0.05, 0.1) is 22.1 Å². The lowest BCUT2D eigenvalue weighted by molar-refractivity contribution is 0.170. The third-order valence-corrected chi connectivity index (χ3v) is 7.93. The van der Waals surface area contributed by atoms with Crippen molar-refractivity contribution in [2.45, 2.75) is 44.3 Å². The summed E-state index contributed by atoms with van der Waals surface area (Å²) in [5.41, 5.74) is 3.54. The number of aromatic nitrogens is 2. The monoisotopic (exact) mass is 488 g/mol. The predicted molar refractivity (Wildman–Crippen MR) is 132 cm³/mol. The molecule has 1 saturated heterocycles. The molecule has 0 spiro atoms. The van der Waals surface area contributed by atoms with E-state index in [1.165, 1.54) is 22.4 Å². The number of nitrogens with zero attached hydrogens (tertiary/aromatic N) is 3. The number of pyridine rings is 1. The average molecular weight is 489 g/mol. The van der Waals surface area contributed by atoms with Gasteiger partial charge in [0, 0.05) is 37.7 Å². The van der Waals surface area contributed by atoms with Crippen LogP contribution in [-0.2, 0) is 13.1 Å². The van der Waals surface area contributed by atoms with E-state index in [2.05, 4.69) is 33.4 Å². The average Bonchev–Trinajstić information content (AvgIpc) is 3.16. The second-order valence-electron chi connectivity index (χ2n) is 8.97. The minimum Gasteiger partial charge on any atom is -0.486 e. The van der Waals surface area contributed by atoms with E-state index in [1.54, 1.807) is 6.20 Å². The highest BCUT2D eigenvalue weighted by molar-refractivity contribution is 7.16. The lowest BCUT2D eigenvalue weighted by Gasteiger charge is -2.36. The number of aryl methyl sites for hydroxylation is 1. The van der Waals surface area contributed by atoms with Gasteiger partial charge in [0.1, 0.15) is 13.2 Å². The van der Waals surface area contributed by atoms with E-state index in [0.717, 1.165) is 73.9 Å². The standard InChI is InChI=1S/C24H28N4O3S.ClH/c29-24-28-9-4-16(19-2-1-3-22(32-24)23(19)28)15-27-7-5-17(6-8-27)25-13-18-12-20-21(14-26-18)31-11-10-30-20;/h1-3,12,14,16-17,25H,4-11,13,15H2;1H. The second kappa shape index (κ2) is 9.62. The largest absolute Gasteiger partial charge is 0.486 e. The summed E-state index contributed by atoms with van der Waals surface area (Å²) in [6, 6.07) is 8.92. The van der Waals surface area contributed by atoms with Crippen LogP contribution >= 0.6 is 23.7 Å². The number of benzene rings is 1. The fourth-order valence-electron chi connectivity index (χ4n) is 5.28. The van der Waals surface area contributed by atoms with Crippen LogP contribution in [0.25, 0.3) is 10.2 Å². The molecule has 0 radical (unpaired) electrons. The van der Waals surface area contributed by atoms with Crippen LogP contribution < -0.4 is 19.7 Å². The number of piperidine rings is 1. The number of halogens is 1. The molecule has 7 nitrogen and oxygen atoms in total. The van der Waals surface area contributed by atoms with E-state index in [0.29, 0.717) is 25.2 Å². The third kappa shape index (κ3) is 4.49. The van der Waals surface area contributed by atoms with Gasteiger partial charge in [-0.05, 0) is 44.0 Å². The van der Waals surface area contributed by atoms with Crippen molar-refractivity contribution in [2.24, 2.45) is 0 Å². The highest BCUT2D eigenvalue weighted by Crippen LogP contribution is 2.35. The van der Waals surface area contributed by atoms with E-state index in [4.69, 9.17) is 9.47 Å². The summed E-state index contributed by atoms with van der Waals surface area (Å²) in [6.07, 6.45) is 5.11. The Morgan fingerprint density at radius 1 is 1.09 bits per heavy atom. The van der Waals surface area contributed by atoms with Gasteiger partial charge in [-0.1, -0.05) is 23.5 Å². The quantitative estimate of drug-likeness (QED) is 0.593. The highest BCUT2D eigenvalue weighted by Gasteiger charge is 2.27. The molecule has 176 valence electrons. The number of thiazole rings is 1. The minimum absolute atomic E-state index is 0. The van der Waals surface area contributed by atoms with Crippen LogP contribution in [0.4, 0.5) is 0 Å². The summed E-state index contributed by atoms with van der Waals surface area (Å²) in [5.74, 6) is 2.06. The summed E-state index contributed by atoms with van der Waals surface area (Å²) in [5, 5.41) is 3.68. The lowest BCUT2D eigenvalue weighted by atomic mass is 9.90. The van der Waals surface area contributed by atoms with Crippen molar-refractivity contribution >= 4 is 34.0 Å². The number of hydrogen-bond donors (Lipinski definition) is 1. The molecule has 5 heterocycles. The van der Waals surface area contributed by atoms with Crippen LogP contribution in [0.2, 0.25) is 0 Å². The lowest BCUT2D eigenvalue weighted by Crippen LogP contribution is -2.44. The first-order valence-electron chi connectivity index (χ1n) is 11.6. The topological polar surface area (TPSA) is 68.6 Å². The molecule has 2 aromatic heterocycles. The number of hydrogen-bond acceptors (Lipinski definition) is 7. The van der Waals surface area contributed by atoms with Crippen LogP contribution in [0.3, 0.4) is 0 Å². The van der Waals surface area contributed by atoms with Crippen molar-refractivity contribution in [3.8, 4) is 11.5 Å². The molecule has 0 aliphatic carbocycles. The predicted octanol–water partition coefficient (Wildman–Crippen LogP) is 3.39. The number of likely N-dealkylation sites (tertiary alicyclic amines) is 1. The fourth-order valence-corrected chi connectivity index (χ4v) is 6.23. The first kappa shape index (κ1) is 22.7. The van der Waals surface area contributed by atoms with Crippen molar-refractivity contribution in [2.75, 3.05) is 32.8 Å². The SMILES string of the molecule is Cl.O=c1sc2cccc3c2n1CCC3CN1CCC(NCc2cc3c(cn2)OCCO3)CC1. The first-order chi connectivity index (χ1) is 15.7. The van der Waals surface area contributed by atoms with Gasteiger partial charge < -0.3 is 19.7 Å². The zero-order valence-electron chi connectivity index (χ0n) is 18.5. The number of nitrogens with one attached hydrogen (secondary N) is 1. The maximum Gasteiger partial charge on any atom is 0.308 e. The molecule has 1 atom stereocenters. The molecule has 0 saturated carbocycles. The zero-order chi connectivity index (χ0) is 21.5. The van der Waals surface area contributed by atoms with Crippen molar-refractivity contribution in [1.82, 2.24) is 19.8 Å². The maximum atomic E-state index is 12.3. The molecular formula is C24H29ClN4O3S. The van der Waals surface area contributed by atoms with Crippen molar-refractivity contribution in [3.05, 3.63) is 51.4 Å². The van der Waals surface area contributed by atoms with Crippen LogP contribution in [0, 0.1) is 0 Å². The highest BCUT2D eigenvalue weighted by atomic mass is 35.5. The van der Waals surface area contributed by atoms with Crippen LogP contribution in [0.15, 0.2) is 35.3 Å². The maximum absolute atomic E-state index is 12.3. The number of para-hydroxylation sites is 1. The second-order valence-corrected chi connectivity index (χ2v) is 9.97. The Bertz CT molecular complexity index is 1190. The van der Waals surface area contributed by atoms with E-state index >= 15 is 0 Å². The minimum atomic E-state index is 0. The molecule has 9 heteroatoms. The summed E-state index contributed by atoms with van der Waals surface area (Å²) in [6.45, 7) is 6.09. The molecule has 1 fully saturated rings. The van der Waals surface area contributed by atoms with E-state index in [9.17, 15) is 4.79 Å². The van der Waals surface area contributed by atoms with E-state index in [-0.39, 0.29) is 17.3 Å². The Kier molecular flexibility index (Phi) is 6.60. The number of rotatable bonds is 5. The van der Waals surface area contributed by atoms with Gasteiger partial charge in [-0.3, -0.25) is 14.3 Å². The molecule has 3 aliphatic heterocycles. The molecule has 1 unspecified atom stereocenters. The van der Waals surface area contributed by atoms with Crippen molar-refractivity contribution in [1.29, 1.82) is 0 Å². The van der Waals surface area contributed by atoms with Gasteiger partial charge in [0.2, 0.25) is 0 Å². The Balaban J connectivity index is 0.00000228. The Morgan fingerprint density at radius 3 is 2.76 bits per heavy atom. The van der Waals surface area contributed by atoms with Gasteiger partial charge >= 0.3 is 4.87 Å². The number of ether oxygens (including phenoxy) is 2. The smallest absolute Gasteiger partial charge is 0.308 e. The van der Waals surface area contributed by atoms with Crippen LogP contribution in [0.1, 0.15) is 36.4 Å². The van der Waals surface area contributed by atoms with Gasteiger partial charge in [-0.2, -0.15) is 0 Å². The molecule has 33 heavy (non-hydrogen) atoms. The van der Waals surface area contributed by atoms with Crippen LogP contribution in [0.5, 0.6) is 11.5 Å². The Morgan fingerprint density at radius 2 is 1.91 bits per heavy atom. The molecule has 1 aromatic carbocycles. The van der Waals surface area contributed by atoms with Gasteiger partial charge in [0.15, 0.2) is 11.5 Å². The van der Waals surface area contributed by atoms with Crippen LogP contribution in [-0.4, -0.2) is 53.3 Å². The van der Waals surface area contributed by atoms with E-state index in [1.807, 2.05) is 10.6 Å². The molecule has 0 bridgehead atoms. The van der Waals surface area contributed by atoms with E-state index < -0.39 is 0 Å². The summed E-state index contributed by atoms with van der Waals surface area (Å²) in [7, 11) is 0. The molecule has 3 aliphatic rings. The number of fused-ring (bicyclic) bond motifs is 1. The van der Waals surface area contributed by atoms with Crippen molar-refractivity contribution < 1.29 is 9.47 Å². The summed E-state index contributed by atoms with van der Waals surface area (Å²) in [4.78, 5) is 19.6. The fraction of sp³-hybridized carbons (Fsp3) is 0.500. The molecular weight excluding hydrogens is 460 g/mol. The molecule has 1 N–H and O–H groups in total. The molecule has 3 aromatic rings. The summed E-state index contributed by atoms with van der Waals surface area (Å²) < 4.78 is 14.3.